The van der Waals surface area contributed by atoms with Gasteiger partial charge < -0.3 is 10.4 Å². The fourth-order valence-electron chi connectivity index (χ4n) is 1.99. The topological polar surface area (TPSA) is 92.2 Å². The van der Waals surface area contributed by atoms with Crippen molar-refractivity contribution < 1.29 is 14.7 Å². The third-order valence-corrected chi connectivity index (χ3v) is 4.04. The maximum Gasteiger partial charge on any atom is 0.326 e. The Hall–Kier alpha value is -1.63. The zero-order chi connectivity index (χ0) is 16.2. The molecule has 0 aliphatic heterocycles. The second-order valence-electron chi connectivity index (χ2n) is 4.92. The predicted octanol–water partition coefficient (Wildman–Crippen LogP) is 2.04. The van der Waals surface area contributed by atoms with Gasteiger partial charge in [0.1, 0.15) is 16.9 Å². The number of aryl methyl sites for hydroxylation is 2. The number of rotatable bonds is 6. The molecule has 0 radical (unpaired) electrons. The Morgan fingerprint density at radius 1 is 1.33 bits per heavy atom. The molecule has 21 heavy (non-hydrogen) atoms. The van der Waals surface area contributed by atoms with E-state index in [1.54, 1.807) is 20.8 Å². The molecule has 0 spiro atoms. The van der Waals surface area contributed by atoms with Gasteiger partial charge in [0.05, 0.1) is 11.3 Å². The number of carbonyl (C=O) groups is 2. The summed E-state index contributed by atoms with van der Waals surface area (Å²) < 4.78 is 0. The lowest BCUT2D eigenvalue weighted by atomic mass is 9.99. The van der Waals surface area contributed by atoms with Gasteiger partial charge >= 0.3 is 5.97 Å². The highest BCUT2D eigenvalue weighted by atomic mass is 32.2. The molecule has 1 rings (SSSR count). The Morgan fingerprint density at radius 3 is 2.43 bits per heavy atom. The normalized spacial score (nSPS) is 13.6. The number of hydrogen-bond acceptors (Lipinski definition) is 5. The molecule has 6 nitrogen and oxygen atoms in total. The van der Waals surface area contributed by atoms with Crippen molar-refractivity contribution in [2.24, 2.45) is 5.92 Å². The van der Waals surface area contributed by atoms with Gasteiger partial charge in [-0.15, -0.1) is 11.8 Å². The third kappa shape index (κ3) is 4.17. The number of amides is 1. The molecular formula is C14H21N3O3S. The second-order valence-corrected chi connectivity index (χ2v) is 5.71. The molecule has 0 unspecified atom stereocenters. The monoisotopic (exact) mass is 311 g/mol. The van der Waals surface area contributed by atoms with E-state index in [4.69, 9.17) is 0 Å². The number of nitrogens with one attached hydrogen (secondary N) is 1. The molecule has 0 saturated carbocycles. The highest BCUT2D eigenvalue weighted by Crippen LogP contribution is 2.21. The third-order valence-electron chi connectivity index (χ3n) is 3.35. The van der Waals surface area contributed by atoms with Gasteiger partial charge in [-0.1, -0.05) is 20.3 Å². The Labute approximate surface area is 128 Å². The molecule has 0 fully saturated rings. The first kappa shape index (κ1) is 17.4. The molecule has 1 amide bonds. The van der Waals surface area contributed by atoms with Crippen LogP contribution in [0.2, 0.25) is 0 Å². The van der Waals surface area contributed by atoms with E-state index in [2.05, 4.69) is 15.3 Å². The molecule has 0 aliphatic rings. The van der Waals surface area contributed by atoms with Gasteiger partial charge in [0.15, 0.2) is 0 Å². The van der Waals surface area contributed by atoms with Gasteiger partial charge in [-0.05, 0) is 26.0 Å². The highest BCUT2D eigenvalue weighted by Gasteiger charge is 2.28. The van der Waals surface area contributed by atoms with Crippen molar-refractivity contribution in [2.45, 2.75) is 45.2 Å². The van der Waals surface area contributed by atoms with Crippen molar-refractivity contribution in [3.8, 4) is 0 Å². The van der Waals surface area contributed by atoms with Crippen LogP contribution < -0.4 is 5.32 Å². The van der Waals surface area contributed by atoms with Crippen molar-refractivity contribution in [2.75, 3.05) is 6.26 Å². The van der Waals surface area contributed by atoms with Crippen molar-refractivity contribution >= 4 is 23.6 Å². The van der Waals surface area contributed by atoms with E-state index in [0.717, 1.165) is 0 Å². The molecule has 0 saturated heterocycles. The Morgan fingerprint density at radius 2 is 1.95 bits per heavy atom. The summed E-state index contributed by atoms with van der Waals surface area (Å²) in [7, 11) is 0. The summed E-state index contributed by atoms with van der Waals surface area (Å²) in [6.45, 7) is 7.17. The lowest BCUT2D eigenvalue weighted by Crippen LogP contribution is -2.45. The first-order valence-corrected chi connectivity index (χ1v) is 7.97. The predicted molar refractivity (Wildman–Crippen MR) is 81.6 cm³/mol. The lowest BCUT2D eigenvalue weighted by molar-refractivity contribution is -0.140. The van der Waals surface area contributed by atoms with Crippen LogP contribution in [0.15, 0.2) is 5.03 Å². The Kier molecular flexibility index (Phi) is 6.14. The smallest absolute Gasteiger partial charge is 0.326 e. The number of aromatic nitrogens is 2. The van der Waals surface area contributed by atoms with Crippen LogP contribution in [0.5, 0.6) is 0 Å². The number of nitrogens with zero attached hydrogens (tertiary/aromatic N) is 2. The Balaban J connectivity index is 3.11. The summed E-state index contributed by atoms with van der Waals surface area (Å²) in [6.07, 6.45) is 2.48. The van der Waals surface area contributed by atoms with E-state index in [-0.39, 0.29) is 5.92 Å². The fraction of sp³-hybridized carbons (Fsp3) is 0.571. The van der Waals surface area contributed by atoms with E-state index in [9.17, 15) is 14.7 Å². The fourth-order valence-corrected chi connectivity index (χ4v) is 2.65. The van der Waals surface area contributed by atoms with Crippen LogP contribution in [0.25, 0.3) is 0 Å². The number of aliphatic carboxylic acids is 1. The molecule has 2 N–H and O–H groups in total. The first-order valence-electron chi connectivity index (χ1n) is 6.74. The van der Waals surface area contributed by atoms with Crippen LogP contribution in [-0.4, -0.2) is 39.2 Å². The summed E-state index contributed by atoms with van der Waals surface area (Å²) >= 11 is 1.34. The van der Waals surface area contributed by atoms with E-state index in [1.807, 2.05) is 13.2 Å². The zero-order valence-corrected chi connectivity index (χ0v) is 13.7. The molecule has 116 valence electrons. The summed E-state index contributed by atoms with van der Waals surface area (Å²) in [6, 6.07) is -0.919. The molecule has 0 bridgehead atoms. The van der Waals surface area contributed by atoms with Crippen molar-refractivity contribution in [3.05, 3.63) is 17.1 Å². The van der Waals surface area contributed by atoms with Crippen LogP contribution in [0.1, 0.15) is 42.1 Å². The van der Waals surface area contributed by atoms with Gasteiger partial charge in [0, 0.05) is 0 Å². The van der Waals surface area contributed by atoms with Crippen LogP contribution in [-0.2, 0) is 4.79 Å². The molecule has 0 aliphatic carbocycles. The quantitative estimate of drug-likeness (QED) is 0.617. The minimum absolute atomic E-state index is 0.157. The molecule has 7 heteroatoms. The van der Waals surface area contributed by atoms with E-state index in [1.165, 1.54) is 11.8 Å². The molecule has 1 aromatic rings. The van der Waals surface area contributed by atoms with Crippen LogP contribution in [0.4, 0.5) is 0 Å². The molecule has 0 aromatic carbocycles. The summed E-state index contributed by atoms with van der Waals surface area (Å²) in [4.78, 5) is 32.2. The van der Waals surface area contributed by atoms with Crippen molar-refractivity contribution in [1.29, 1.82) is 0 Å². The second kappa shape index (κ2) is 7.40. The van der Waals surface area contributed by atoms with Crippen LogP contribution in [0, 0.1) is 19.8 Å². The summed E-state index contributed by atoms with van der Waals surface area (Å²) in [5.74, 6) is -1.04. The van der Waals surface area contributed by atoms with Gasteiger partial charge in [-0.3, -0.25) is 4.79 Å². The number of carbonyl (C=O) groups excluding carboxylic acids is 1. The number of carboxylic acids is 1. The lowest BCUT2D eigenvalue weighted by Gasteiger charge is -2.21. The van der Waals surface area contributed by atoms with Gasteiger partial charge in [-0.2, -0.15) is 0 Å². The van der Waals surface area contributed by atoms with Gasteiger partial charge in [-0.25, -0.2) is 14.8 Å². The maximum absolute atomic E-state index is 12.4. The summed E-state index contributed by atoms with van der Waals surface area (Å²) in [5, 5.41) is 12.4. The molecule has 2 atom stereocenters. The van der Waals surface area contributed by atoms with E-state index < -0.39 is 17.9 Å². The standard InChI is InChI=1S/C14H21N3O3S/c1-6-7(2)11(14(19)20)17-12(18)10-8(3)15-9(4)16-13(10)21-5/h7,11H,6H2,1-5H3,(H,17,18)(H,19,20)/t7-,11-/m0/s1. The highest BCUT2D eigenvalue weighted by molar-refractivity contribution is 7.98. The Bertz CT molecular complexity index is 549. The van der Waals surface area contributed by atoms with Crippen molar-refractivity contribution in [3.63, 3.8) is 0 Å². The van der Waals surface area contributed by atoms with Gasteiger partial charge in [0.25, 0.3) is 5.91 Å². The largest absolute Gasteiger partial charge is 0.480 e. The van der Waals surface area contributed by atoms with E-state index >= 15 is 0 Å². The molecular weight excluding hydrogens is 290 g/mol. The average Bonchev–Trinajstić information content (AvgIpc) is 2.42. The van der Waals surface area contributed by atoms with Crippen LogP contribution in [0.3, 0.4) is 0 Å². The molecule has 1 heterocycles. The zero-order valence-electron chi connectivity index (χ0n) is 12.9. The van der Waals surface area contributed by atoms with E-state index in [0.29, 0.717) is 28.5 Å². The molecule has 1 aromatic heterocycles. The van der Waals surface area contributed by atoms with Crippen molar-refractivity contribution in [1.82, 2.24) is 15.3 Å². The SMILES string of the molecule is CC[C@H](C)[C@H](NC(=O)c1c(C)nc(C)nc1SC)C(=O)O. The number of hydrogen-bond donors (Lipinski definition) is 2. The summed E-state index contributed by atoms with van der Waals surface area (Å²) in [5.41, 5.74) is 0.903. The minimum Gasteiger partial charge on any atom is -0.480 e. The maximum atomic E-state index is 12.4. The van der Waals surface area contributed by atoms with Gasteiger partial charge in [0.2, 0.25) is 0 Å². The van der Waals surface area contributed by atoms with Crippen LogP contribution >= 0.6 is 11.8 Å². The first-order chi connectivity index (χ1) is 9.81. The number of carboxylic acid groups (broad SMARTS) is 1. The average molecular weight is 311 g/mol. The number of thioether (sulfide) groups is 1. The minimum atomic E-state index is -1.03.